The summed E-state index contributed by atoms with van der Waals surface area (Å²) in [5, 5.41) is 10.2. The van der Waals surface area contributed by atoms with Crippen LogP contribution in [0, 0.1) is 5.82 Å². The predicted octanol–water partition coefficient (Wildman–Crippen LogP) is 4.94. The average Bonchev–Trinajstić information content (AvgIpc) is 2.76. The zero-order valence-corrected chi connectivity index (χ0v) is 13.5. The first-order chi connectivity index (χ1) is 10.5. The van der Waals surface area contributed by atoms with E-state index in [4.69, 9.17) is 11.6 Å². The van der Waals surface area contributed by atoms with E-state index in [2.05, 4.69) is 15.9 Å². The Balaban J connectivity index is 2.23. The number of rotatable bonds is 3. The molecule has 22 heavy (non-hydrogen) atoms. The third-order valence-electron chi connectivity index (χ3n) is 3.45. The Morgan fingerprint density at radius 3 is 2.73 bits per heavy atom. The standard InChI is InChI=1S/C16H10BrClFNO2/c17-10-5-6-12(19)9(7-10)8-20-13-4-2-1-3-11(13)14(18)15(20)16(21)22/h1-7H,8H2,(H,21,22). The number of carbonyl (C=O) groups is 1. The van der Waals surface area contributed by atoms with Gasteiger partial charge in [0.25, 0.3) is 0 Å². The maximum Gasteiger partial charge on any atom is 0.354 e. The van der Waals surface area contributed by atoms with Crippen molar-refractivity contribution in [1.29, 1.82) is 0 Å². The molecule has 6 heteroatoms. The minimum atomic E-state index is -1.14. The minimum Gasteiger partial charge on any atom is -0.477 e. The van der Waals surface area contributed by atoms with Crippen LogP contribution in [0.3, 0.4) is 0 Å². The van der Waals surface area contributed by atoms with Crippen molar-refractivity contribution >= 4 is 44.4 Å². The molecule has 0 aliphatic heterocycles. The van der Waals surface area contributed by atoms with Crippen molar-refractivity contribution in [1.82, 2.24) is 4.57 Å². The molecule has 0 aliphatic carbocycles. The quantitative estimate of drug-likeness (QED) is 0.697. The SMILES string of the molecule is O=C(O)c1c(Cl)c2ccccc2n1Cc1cc(Br)ccc1F. The van der Waals surface area contributed by atoms with Gasteiger partial charge in [-0.3, -0.25) is 0 Å². The topological polar surface area (TPSA) is 42.2 Å². The molecule has 112 valence electrons. The van der Waals surface area contributed by atoms with Crippen LogP contribution < -0.4 is 0 Å². The van der Waals surface area contributed by atoms with Crippen LogP contribution in [-0.2, 0) is 6.54 Å². The zero-order valence-electron chi connectivity index (χ0n) is 11.2. The number of halogens is 3. The van der Waals surface area contributed by atoms with Crippen LogP contribution in [0.5, 0.6) is 0 Å². The lowest BCUT2D eigenvalue weighted by atomic mass is 10.2. The average molecular weight is 383 g/mol. The first kappa shape index (κ1) is 15.1. The summed E-state index contributed by atoms with van der Waals surface area (Å²) in [6, 6.07) is 11.7. The van der Waals surface area contributed by atoms with Crippen LogP contribution in [0.25, 0.3) is 10.9 Å². The number of nitrogens with zero attached hydrogens (tertiary/aromatic N) is 1. The minimum absolute atomic E-state index is 0.0396. The number of hydrogen-bond acceptors (Lipinski definition) is 1. The smallest absolute Gasteiger partial charge is 0.354 e. The predicted molar refractivity (Wildman–Crippen MR) is 87.1 cm³/mol. The summed E-state index contributed by atoms with van der Waals surface area (Å²) in [5.74, 6) is -1.54. The highest BCUT2D eigenvalue weighted by Gasteiger charge is 2.21. The molecule has 3 aromatic rings. The van der Waals surface area contributed by atoms with Gasteiger partial charge < -0.3 is 9.67 Å². The Morgan fingerprint density at radius 1 is 1.27 bits per heavy atom. The second-order valence-corrected chi connectivity index (χ2v) is 6.10. The number of hydrogen-bond donors (Lipinski definition) is 1. The Hall–Kier alpha value is -1.85. The van der Waals surface area contributed by atoms with Crippen molar-refractivity contribution in [2.24, 2.45) is 0 Å². The first-order valence-electron chi connectivity index (χ1n) is 6.43. The summed E-state index contributed by atoms with van der Waals surface area (Å²) < 4.78 is 16.2. The van der Waals surface area contributed by atoms with Crippen molar-refractivity contribution in [2.75, 3.05) is 0 Å². The monoisotopic (exact) mass is 381 g/mol. The van der Waals surface area contributed by atoms with Gasteiger partial charge in [0.05, 0.1) is 17.1 Å². The van der Waals surface area contributed by atoms with Gasteiger partial charge in [-0.2, -0.15) is 0 Å². The van der Waals surface area contributed by atoms with Crippen LogP contribution in [0.1, 0.15) is 16.1 Å². The van der Waals surface area contributed by atoms with Gasteiger partial charge in [-0.25, -0.2) is 9.18 Å². The Kier molecular flexibility index (Phi) is 3.93. The second-order valence-electron chi connectivity index (χ2n) is 4.81. The summed E-state index contributed by atoms with van der Waals surface area (Å²) in [7, 11) is 0. The summed E-state index contributed by atoms with van der Waals surface area (Å²) in [6.45, 7) is 0.0835. The van der Waals surface area contributed by atoms with Crippen molar-refractivity contribution in [3.8, 4) is 0 Å². The van der Waals surface area contributed by atoms with E-state index in [-0.39, 0.29) is 17.3 Å². The summed E-state index contributed by atoms with van der Waals surface area (Å²) >= 11 is 9.48. The molecule has 3 rings (SSSR count). The molecule has 0 saturated carbocycles. The molecular formula is C16H10BrClFNO2. The van der Waals surface area contributed by atoms with Gasteiger partial charge in [0, 0.05) is 15.4 Å². The molecular weight excluding hydrogens is 373 g/mol. The lowest BCUT2D eigenvalue weighted by Gasteiger charge is -2.10. The van der Waals surface area contributed by atoms with Gasteiger partial charge >= 0.3 is 5.97 Å². The second kappa shape index (κ2) is 5.74. The number of aromatic carboxylic acids is 1. The summed E-state index contributed by atoms with van der Waals surface area (Å²) in [6.07, 6.45) is 0. The van der Waals surface area contributed by atoms with E-state index < -0.39 is 11.8 Å². The fourth-order valence-corrected chi connectivity index (χ4v) is 3.22. The van der Waals surface area contributed by atoms with E-state index in [0.29, 0.717) is 16.5 Å². The summed E-state index contributed by atoms with van der Waals surface area (Å²) in [4.78, 5) is 11.5. The molecule has 1 heterocycles. The van der Waals surface area contributed by atoms with Crippen LogP contribution in [0.15, 0.2) is 46.9 Å². The molecule has 0 spiro atoms. The number of aromatic nitrogens is 1. The van der Waals surface area contributed by atoms with Gasteiger partial charge in [0.15, 0.2) is 0 Å². The van der Waals surface area contributed by atoms with Gasteiger partial charge in [-0.15, -0.1) is 0 Å². The van der Waals surface area contributed by atoms with Crippen LogP contribution >= 0.6 is 27.5 Å². The Bertz CT molecular complexity index is 891. The molecule has 2 aromatic carbocycles. The van der Waals surface area contributed by atoms with Crippen molar-refractivity contribution in [3.05, 3.63) is 69.0 Å². The Morgan fingerprint density at radius 2 is 2.00 bits per heavy atom. The molecule has 1 N–H and O–H groups in total. The van der Waals surface area contributed by atoms with E-state index in [1.54, 1.807) is 36.4 Å². The molecule has 0 saturated heterocycles. The fourth-order valence-electron chi connectivity index (χ4n) is 2.47. The van der Waals surface area contributed by atoms with Crippen molar-refractivity contribution in [3.63, 3.8) is 0 Å². The maximum absolute atomic E-state index is 14.0. The number of benzene rings is 2. The van der Waals surface area contributed by atoms with Crippen LogP contribution in [0.4, 0.5) is 4.39 Å². The normalized spacial score (nSPS) is 11.0. The lowest BCUT2D eigenvalue weighted by molar-refractivity contribution is 0.0686. The third kappa shape index (κ3) is 2.51. The molecule has 1 aromatic heterocycles. The number of para-hydroxylation sites is 1. The van der Waals surface area contributed by atoms with Crippen LogP contribution in [0.2, 0.25) is 5.02 Å². The van der Waals surface area contributed by atoms with E-state index in [0.717, 1.165) is 4.47 Å². The van der Waals surface area contributed by atoms with Crippen molar-refractivity contribution < 1.29 is 14.3 Å². The first-order valence-corrected chi connectivity index (χ1v) is 7.60. The van der Waals surface area contributed by atoms with E-state index in [1.807, 2.05) is 0 Å². The molecule has 0 aliphatic rings. The third-order valence-corrected chi connectivity index (χ3v) is 4.32. The number of fused-ring (bicyclic) bond motifs is 1. The van der Waals surface area contributed by atoms with Crippen molar-refractivity contribution in [2.45, 2.75) is 6.54 Å². The number of carboxylic acids is 1. The molecule has 0 fully saturated rings. The molecule has 3 nitrogen and oxygen atoms in total. The highest BCUT2D eigenvalue weighted by Crippen LogP contribution is 2.32. The van der Waals surface area contributed by atoms with Gasteiger partial charge in [-0.1, -0.05) is 45.7 Å². The van der Waals surface area contributed by atoms with Gasteiger partial charge in [0.1, 0.15) is 11.5 Å². The van der Waals surface area contributed by atoms with Gasteiger partial charge in [-0.05, 0) is 24.3 Å². The van der Waals surface area contributed by atoms with E-state index >= 15 is 0 Å². The van der Waals surface area contributed by atoms with E-state index in [1.165, 1.54) is 10.6 Å². The summed E-state index contributed by atoms with van der Waals surface area (Å²) in [5.41, 5.74) is 1.00. The zero-order chi connectivity index (χ0) is 15.9. The lowest BCUT2D eigenvalue weighted by Crippen LogP contribution is -2.10. The highest BCUT2D eigenvalue weighted by molar-refractivity contribution is 9.10. The Labute approximate surface area is 139 Å². The highest BCUT2D eigenvalue weighted by atomic mass is 79.9. The molecule has 0 radical (unpaired) electrons. The molecule has 0 atom stereocenters. The van der Waals surface area contributed by atoms with Gasteiger partial charge in [0.2, 0.25) is 0 Å². The fraction of sp³-hybridized carbons (Fsp3) is 0.0625. The van der Waals surface area contributed by atoms with Crippen LogP contribution in [-0.4, -0.2) is 15.6 Å². The number of carboxylic acid groups (broad SMARTS) is 1. The molecule has 0 bridgehead atoms. The largest absolute Gasteiger partial charge is 0.477 e. The van der Waals surface area contributed by atoms with E-state index in [9.17, 15) is 14.3 Å². The maximum atomic E-state index is 14.0. The molecule has 0 unspecified atom stereocenters. The molecule has 0 amide bonds.